The lowest BCUT2D eigenvalue weighted by atomic mass is 9.95. The normalized spacial score (nSPS) is 15.9. The van der Waals surface area contributed by atoms with Gasteiger partial charge in [0.15, 0.2) is 4.34 Å². The maximum Gasteiger partial charge on any atom is 0.301 e. The first-order chi connectivity index (χ1) is 21.8. The molecule has 1 aliphatic rings. The Morgan fingerprint density at radius 1 is 0.956 bits per heavy atom. The molecule has 0 spiro atoms. The number of amides is 1. The van der Waals surface area contributed by atoms with Crippen LogP contribution in [0.3, 0.4) is 0 Å². The molecule has 2 heterocycles. The second-order valence-corrected chi connectivity index (χ2v) is 13.3. The molecule has 1 aliphatic heterocycles. The van der Waals surface area contributed by atoms with Crippen molar-refractivity contribution in [1.29, 1.82) is 0 Å². The van der Waals surface area contributed by atoms with Crippen molar-refractivity contribution in [1.82, 2.24) is 10.2 Å². The topological polar surface area (TPSA) is 92.6 Å². The molecule has 0 radical (unpaired) electrons. The van der Waals surface area contributed by atoms with Crippen LogP contribution < -0.4 is 9.64 Å². The van der Waals surface area contributed by atoms with Crippen LogP contribution in [-0.2, 0) is 21.9 Å². The molecule has 1 N–H and O–H groups in total. The lowest BCUT2D eigenvalue weighted by Crippen LogP contribution is -2.29. The van der Waals surface area contributed by atoms with Gasteiger partial charge in [-0.05, 0) is 47.9 Å². The second-order valence-electron chi connectivity index (χ2n) is 10.3. The molecule has 226 valence electrons. The van der Waals surface area contributed by atoms with Gasteiger partial charge in [-0.25, -0.2) is 0 Å². The number of benzene rings is 4. The van der Waals surface area contributed by atoms with E-state index < -0.39 is 17.7 Å². The Bertz CT molecular complexity index is 1910. The van der Waals surface area contributed by atoms with Gasteiger partial charge in [0, 0.05) is 21.4 Å². The number of aliphatic hydroxyl groups excluding tert-OH is 1. The quantitative estimate of drug-likeness (QED) is 0.0550. The maximum atomic E-state index is 13.7. The highest BCUT2D eigenvalue weighted by Crippen LogP contribution is 2.45. The number of ketones is 1. The molecule has 45 heavy (non-hydrogen) atoms. The summed E-state index contributed by atoms with van der Waals surface area (Å²) in [6, 6.07) is 28.3. The summed E-state index contributed by atoms with van der Waals surface area (Å²) >= 11 is 14.9. The summed E-state index contributed by atoms with van der Waals surface area (Å²) in [5.74, 6) is -0.844. The van der Waals surface area contributed by atoms with Gasteiger partial charge in [0.25, 0.3) is 5.78 Å². The average Bonchev–Trinajstić information content (AvgIpc) is 3.62. The number of carbonyl (C=O) groups excluding carboxylic acids is 2. The minimum atomic E-state index is -0.969. The number of aliphatic hydroxyl groups is 1. The molecule has 4 aromatic carbocycles. The van der Waals surface area contributed by atoms with Crippen LogP contribution in [0, 0.1) is 6.92 Å². The van der Waals surface area contributed by atoms with Gasteiger partial charge in [0.1, 0.15) is 18.1 Å². The Morgan fingerprint density at radius 3 is 2.49 bits per heavy atom. The Morgan fingerprint density at radius 2 is 1.73 bits per heavy atom. The number of rotatable bonds is 9. The van der Waals surface area contributed by atoms with E-state index in [2.05, 4.69) is 10.2 Å². The summed E-state index contributed by atoms with van der Waals surface area (Å²) in [5, 5.41) is 21.4. The molecule has 1 fully saturated rings. The van der Waals surface area contributed by atoms with E-state index in [9.17, 15) is 14.7 Å². The molecule has 5 aromatic rings. The Labute approximate surface area is 278 Å². The van der Waals surface area contributed by atoms with Crippen molar-refractivity contribution in [2.75, 3.05) is 4.90 Å². The number of aryl methyl sites for hydroxylation is 1. The standard InChI is InChI=1S/C34H25Cl2N3O4S2/c1-20-10-12-22(13-11-20)30(40)28-29(23-8-5-9-26(16-23)43-18-21-6-3-2-4-7-21)39(32(42)31(28)41)33-37-38-34(45-33)44-19-24-14-15-25(35)17-27(24)36/h2-17,29,40H,18-19H2,1H3. The highest BCUT2D eigenvalue weighted by Gasteiger charge is 2.48. The first-order valence-corrected chi connectivity index (χ1v) is 16.4. The second kappa shape index (κ2) is 13.5. The van der Waals surface area contributed by atoms with Crippen LogP contribution in [0.15, 0.2) is 107 Å². The van der Waals surface area contributed by atoms with E-state index in [1.54, 1.807) is 48.5 Å². The zero-order valence-electron chi connectivity index (χ0n) is 23.8. The number of ether oxygens (including phenoxy) is 1. The van der Waals surface area contributed by atoms with Crippen LogP contribution in [0.5, 0.6) is 5.75 Å². The number of thioether (sulfide) groups is 1. The Kier molecular flexibility index (Phi) is 9.23. The zero-order chi connectivity index (χ0) is 31.5. The van der Waals surface area contributed by atoms with Gasteiger partial charge in [0.05, 0.1) is 11.6 Å². The summed E-state index contributed by atoms with van der Waals surface area (Å²) in [7, 11) is 0. The summed E-state index contributed by atoms with van der Waals surface area (Å²) in [6.45, 7) is 2.26. The van der Waals surface area contributed by atoms with Crippen LogP contribution in [-0.4, -0.2) is 27.0 Å². The van der Waals surface area contributed by atoms with E-state index in [-0.39, 0.29) is 16.5 Å². The van der Waals surface area contributed by atoms with E-state index in [0.717, 1.165) is 16.7 Å². The van der Waals surface area contributed by atoms with Gasteiger partial charge in [-0.2, -0.15) is 0 Å². The molecule has 1 amide bonds. The fourth-order valence-electron chi connectivity index (χ4n) is 4.86. The third kappa shape index (κ3) is 6.77. The average molecular weight is 675 g/mol. The number of aromatic nitrogens is 2. The van der Waals surface area contributed by atoms with E-state index in [1.807, 2.05) is 55.5 Å². The highest BCUT2D eigenvalue weighted by atomic mass is 35.5. The predicted octanol–water partition coefficient (Wildman–Crippen LogP) is 8.65. The number of nitrogens with zero attached hydrogens (tertiary/aromatic N) is 3. The van der Waals surface area contributed by atoms with Crippen molar-refractivity contribution in [3.8, 4) is 5.75 Å². The van der Waals surface area contributed by atoms with Crippen molar-refractivity contribution in [3.63, 3.8) is 0 Å². The van der Waals surface area contributed by atoms with E-state index >= 15 is 0 Å². The lowest BCUT2D eigenvalue weighted by Gasteiger charge is -2.23. The van der Waals surface area contributed by atoms with Gasteiger partial charge in [-0.15, -0.1) is 10.2 Å². The number of anilines is 1. The van der Waals surface area contributed by atoms with E-state index in [4.69, 9.17) is 27.9 Å². The van der Waals surface area contributed by atoms with Crippen molar-refractivity contribution >= 4 is 68.9 Å². The number of Topliss-reactive ketones (excluding diaryl/α,β-unsaturated/α-hetero) is 1. The molecule has 0 bridgehead atoms. The summed E-state index contributed by atoms with van der Waals surface area (Å²) in [6.07, 6.45) is 0. The number of halogens is 2. The van der Waals surface area contributed by atoms with Gasteiger partial charge in [-0.1, -0.05) is 125 Å². The fraction of sp³-hybridized carbons (Fsp3) is 0.118. The molecule has 1 unspecified atom stereocenters. The fourth-order valence-corrected chi connectivity index (χ4v) is 7.29. The van der Waals surface area contributed by atoms with Crippen LogP contribution >= 0.6 is 46.3 Å². The van der Waals surface area contributed by atoms with Crippen LogP contribution in [0.2, 0.25) is 10.0 Å². The Balaban J connectivity index is 1.36. The van der Waals surface area contributed by atoms with Crippen molar-refractivity contribution < 1.29 is 19.4 Å². The van der Waals surface area contributed by atoms with Gasteiger partial charge < -0.3 is 9.84 Å². The van der Waals surface area contributed by atoms with Crippen molar-refractivity contribution in [3.05, 3.63) is 140 Å². The number of carbonyl (C=O) groups is 2. The van der Waals surface area contributed by atoms with Gasteiger partial charge in [0.2, 0.25) is 5.13 Å². The largest absolute Gasteiger partial charge is 0.507 e. The van der Waals surface area contributed by atoms with Crippen LogP contribution in [0.1, 0.15) is 33.9 Å². The third-order valence-corrected chi connectivity index (χ3v) is 9.85. The summed E-state index contributed by atoms with van der Waals surface area (Å²) in [4.78, 5) is 28.6. The minimum absolute atomic E-state index is 0.0404. The van der Waals surface area contributed by atoms with Gasteiger partial charge >= 0.3 is 5.91 Å². The zero-order valence-corrected chi connectivity index (χ0v) is 27.0. The molecule has 6 rings (SSSR count). The van der Waals surface area contributed by atoms with Crippen LogP contribution in [0.4, 0.5) is 5.13 Å². The molecular formula is C34H25Cl2N3O4S2. The molecule has 1 aromatic heterocycles. The minimum Gasteiger partial charge on any atom is -0.507 e. The molecule has 0 saturated carbocycles. The molecule has 11 heteroatoms. The third-order valence-electron chi connectivity index (χ3n) is 7.16. The van der Waals surface area contributed by atoms with Crippen molar-refractivity contribution in [2.24, 2.45) is 0 Å². The van der Waals surface area contributed by atoms with Crippen LogP contribution in [0.25, 0.3) is 5.76 Å². The lowest BCUT2D eigenvalue weighted by molar-refractivity contribution is -0.132. The Hall–Kier alpha value is -4.15. The molecule has 1 saturated heterocycles. The number of hydrogen-bond acceptors (Lipinski definition) is 8. The predicted molar refractivity (Wildman–Crippen MR) is 179 cm³/mol. The summed E-state index contributed by atoms with van der Waals surface area (Å²) in [5.41, 5.74) is 3.81. The maximum absolute atomic E-state index is 13.7. The monoisotopic (exact) mass is 673 g/mol. The number of hydrogen-bond donors (Lipinski definition) is 1. The molecule has 1 atom stereocenters. The first kappa shape index (κ1) is 30.9. The smallest absolute Gasteiger partial charge is 0.301 e. The first-order valence-electron chi connectivity index (χ1n) is 13.8. The van der Waals surface area contributed by atoms with E-state index in [1.165, 1.54) is 28.0 Å². The van der Waals surface area contributed by atoms with E-state index in [0.29, 0.717) is 43.6 Å². The summed E-state index contributed by atoms with van der Waals surface area (Å²) < 4.78 is 6.64. The SMILES string of the molecule is Cc1ccc(C(O)=C2C(=O)C(=O)N(c3nnc(SCc4ccc(Cl)cc4Cl)s3)C2c2cccc(OCc3ccccc3)c2)cc1. The molecule has 7 nitrogen and oxygen atoms in total. The van der Waals surface area contributed by atoms with Gasteiger partial charge in [-0.3, -0.25) is 14.5 Å². The highest BCUT2D eigenvalue weighted by molar-refractivity contribution is 8.00. The molecular weight excluding hydrogens is 649 g/mol. The van der Waals surface area contributed by atoms with Crippen molar-refractivity contribution in [2.45, 2.75) is 29.7 Å². The molecule has 0 aliphatic carbocycles.